The summed E-state index contributed by atoms with van der Waals surface area (Å²) in [4.78, 5) is 12.5. The van der Waals surface area contributed by atoms with Crippen LogP contribution in [0.2, 0.25) is 15.1 Å². The second-order valence-corrected chi connectivity index (χ2v) is 9.44. The van der Waals surface area contributed by atoms with Crippen molar-refractivity contribution in [2.45, 2.75) is 26.2 Å². The van der Waals surface area contributed by atoms with Crippen molar-refractivity contribution in [2.24, 2.45) is 0 Å². The van der Waals surface area contributed by atoms with Crippen LogP contribution in [0.1, 0.15) is 36.9 Å². The molecule has 0 saturated carbocycles. The van der Waals surface area contributed by atoms with E-state index in [1.165, 1.54) is 6.07 Å². The van der Waals surface area contributed by atoms with E-state index >= 15 is 0 Å². The molecule has 0 atom stereocenters. The summed E-state index contributed by atoms with van der Waals surface area (Å²) in [6, 6.07) is 11.6. The average Bonchev–Trinajstić information content (AvgIpc) is 3.17. The number of furan rings is 1. The van der Waals surface area contributed by atoms with Crippen molar-refractivity contribution in [3.8, 4) is 17.1 Å². The first-order chi connectivity index (χ1) is 14.5. The molecule has 0 fully saturated rings. The van der Waals surface area contributed by atoms with Crippen molar-refractivity contribution in [1.82, 2.24) is 5.32 Å². The molecule has 162 valence electrons. The van der Waals surface area contributed by atoms with Crippen LogP contribution in [0.4, 0.5) is 5.69 Å². The zero-order valence-electron chi connectivity index (χ0n) is 16.8. The third kappa shape index (κ3) is 5.52. The van der Waals surface area contributed by atoms with Gasteiger partial charge in [0.25, 0.3) is 5.91 Å². The van der Waals surface area contributed by atoms with Gasteiger partial charge in [-0.1, -0.05) is 55.6 Å². The molecule has 3 N–H and O–H groups in total. The van der Waals surface area contributed by atoms with Gasteiger partial charge in [-0.05, 0) is 65.7 Å². The lowest BCUT2D eigenvalue weighted by Gasteiger charge is -2.21. The van der Waals surface area contributed by atoms with E-state index in [2.05, 4.69) is 10.6 Å². The van der Waals surface area contributed by atoms with E-state index < -0.39 is 5.91 Å². The summed E-state index contributed by atoms with van der Waals surface area (Å²) in [5.74, 6) is -0.214. The fourth-order valence-corrected chi connectivity index (χ4v) is 3.43. The molecule has 0 radical (unpaired) electrons. The number of halogens is 3. The molecule has 5 nitrogen and oxygen atoms in total. The Kier molecular flexibility index (Phi) is 6.86. The van der Waals surface area contributed by atoms with Crippen LogP contribution in [0.15, 0.2) is 46.9 Å². The molecule has 31 heavy (non-hydrogen) atoms. The topological polar surface area (TPSA) is 74.5 Å². The molecule has 0 aliphatic carbocycles. The number of phenolic OH excluding ortho intramolecular Hbond substituents is 1. The molecular weight excluding hydrogens is 479 g/mol. The smallest absolute Gasteiger partial charge is 0.293 e. The summed E-state index contributed by atoms with van der Waals surface area (Å²) in [5.41, 5.74) is 1.66. The number of anilines is 1. The van der Waals surface area contributed by atoms with E-state index in [0.717, 1.165) is 5.56 Å². The van der Waals surface area contributed by atoms with Gasteiger partial charge in [0.2, 0.25) is 0 Å². The van der Waals surface area contributed by atoms with Crippen molar-refractivity contribution >= 4 is 63.7 Å². The zero-order valence-corrected chi connectivity index (χ0v) is 19.9. The number of aromatic hydroxyl groups is 1. The first-order valence-electron chi connectivity index (χ1n) is 9.16. The second-order valence-electron chi connectivity index (χ2n) is 7.81. The third-order valence-electron chi connectivity index (χ3n) is 4.44. The average molecular weight is 498 g/mol. The molecule has 0 bridgehead atoms. The highest BCUT2D eigenvalue weighted by Gasteiger charge is 2.20. The maximum atomic E-state index is 12.5. The van der Waals surface area contributed by atoms with Crippen LogP contribution >= 0.6 is 47.0 Å². The number of rotatable bonds is 3. The fourth-order valence-electron chi connectivity index (χ4n) is 2.71. The van der Waals surface area contributed by atoms with Crippen LogP contribution in [-0.2, 0) is 5.41 Å². The molecule has 3 rings (SSSR count). The van der Waals surface area contributed by atoms with Crippen molar-refractivity contribution < 1.29 is 14.3 Å². The molecule has 9 heteroatoms. The summed E-state index contributed by atoms with van der Waals surface area (Å²) >= 11 is 23.3. The minimum Gasteiger partial charge on any atom is -0.504 e. The Labute approximate surface area is 200 Å². The number of carbonyl (C=O) groups is 1. The number of benzene rings is 2. The lowest BCUT2D eigenvalue weighted by atomic mass is 9.87. The summed E-state index contributed by atoms with van der Waals surface area (Å²) in [6.07, 6.45) is 0. The van der Waals surface area contributed by atoms with Crippen molar-refractivity contribution in [2.75, 3.05) is 5.32 Å². The van der Waals surface area contributed by atoms with Crippen LogP contribution in [0.5, 0.6) is 5.75 Å². The fraction of sp³-hybridized carbons (Fsp3) is 0.182. The molecule has 0 aliphatic rings. The lowest BCUT2D eigenvalue weighted by molar-refractivity contribution is 0.0951. The van der Waals surface area contributed by atoms with E-state index in [-0.39, 0.29) is 27.1 Å². The molecule has 0 saturated heterocycles. The largest absolute Gasteiger partial charge is 0.504 e. The van der Waals surface area contributed by atoms with Gasteiger partial charge in [0, 0.05) is 5.56 Å². The number of thiocarbonyl (C=S) groups is 1. The van der Waals surface area contributed by atoms with Crippen LogP contribution in [0.3, 0.4) is 0 Å². The van der Waals surface area contributed by atoms with Crippen LogP contribution in [0, 0.1) is 0 Å². The maximum absolute atomic E-state index is 12.5. The summed E-state index contributed by atoms with van der Waals surface area (Å²) < 4.78 is 5.61. The number of hydrogen-bond donors (Lipinski definition) is 3. The molecule has 0 unspecified atom stereocenters. The van der Waals surface area contributed by atoms with Gasteiger partial charge in [-0.15, -0.1) is 0 Å². The first-order valence-corrected chi connectivity index (χ1v) is 10.7. The Hall–Kier alpha value is -2.25. The molecule has 0 aliphatic heterocycles. The molecule has 0 spiro atoms. The molecule has 3 aromatic rings. The number of phenols is 1. The van der Waals surface area contributed by atoms with Gasteiger partial charge in [0.05, 0.1) is 20.8 Å². The quantitative estimate of drug-likeness (QED) is 0.267. The Balaban J connectivity index is 1.73. The van der Waals surface area contributed by atoms with Crippen molar-refractivity contribution in [3.63, 3.8) is 0 Å². The summed E-state index contributed by atoms with van der Waals surface area (Å²) in [6.45, 7) is 6.05. The van der Waals surface area contributed by atoms with Crippen LogP contribution in [-0.4, -0.2) is 16.1 Å². The Morgan fingerprint density at radius 1 is 1.00 bits per heavy atom. The zero-order chi connectivity index (χ0) is 22.9. The minimum atomic E-state index is -0.554. The summed E-state index contributed by atoms with van der Waals surface area (Å²) in [7, 11) is 0. The number of carbonyl (C=O) groups excluding carboxylic acids is 1. The van der Waals surface area contributed by atoms with E-state index in [9.17, 15) is 9.90 Å². The van der Waals surface area contributed by atoms with Crippen molar-refractivity contribution in [3.05, 3.63) is 68.9 Å². The van der Waals surface area contributed by atoms with E-state index in [4.69, 9.17) is 51.4 Å². The van der Waals surface area contributed by atoms with Crippen molar-refractivity contribution in [1.29, 1.82) is 0 Å². The number of hydrogen-bond acceptors (Lipinski definition) is 4. The summed E-state index contributed by atoms with van der Waals surface area (Å²) in [5, 5.41) is 16.5. The Morgan fingerprint density at radius 2 is 1.71 bits per heavy atom. The first kappa shape index (κ1) is 23.4. The Morgan fingerprint density at radius 3 is 2.35 bits per heavy atom. The highest BCUT2D eigenvalue weighted by atomic mass is 35.5. The normalized spacial score (nSPS) is 11.3. The Bertz CT molecular complexity index is 1170. The van der Waals surface area contributed by atoms with Gasteiger partial charge in [0.1, 0.15) is 5.76 Å². The highest BCUT2D eigenvalue weighted by Crippen LogP contribution is 2.37. The number of nitrogens with one attached hydrogen (secondary N) is 2. The van der Waals surface area contributed by atoms with Gasteiger partial charge >= 0.3 is 0 Å². The van der Waals surface area contributed by atoms with Crippen LogP contribution < -0.4 is 10.6 Å². The predicted octanol–water partition coefficient (Wildman–Crippen LogP) is 7.04. The third-order valence-corrected chi connectivity index (χ3v) is 5.67. The molecule has 1 amide bonds. The van der Waals surface area contributed by atoms with E-state index in [0.29, 0.717) is 27.1 Å². The molecule has 1 aromatic heterocycles. The minimum absolute atomic E-state index is 0.0186. The monoisotopic (exact) mass is 496 g/mol. The lowest BCUT2D eigenvalue weighted by Crippen LogP contribution is -2.34. The molecule has 2 aromatic carbocycles. The molecular formula is C22H19Cl3N2O3S. The highest BCUT2D eigenvalue weighted by molar-refractivity contribution is 7.80. The van der Waals surface area contributed by atoms with Gasteiger partial charge in [-0.2, -0.15) is 0 Å². The van der Waals surface area contributed by atoms with Gasteiger partial charge in [-0.3, -0.25) is 10.1 Å². The van der Waals surface area contributed by atoms with Gasteiger partial charge < -0.3 is 14.8 Å². The standard InChI is InChI=1S/C22H19Cl3N2O3S/c1-22(2,3)12-9-15(25)19(28)16(10-12)26-21(31)27-20(29)18-7-6-17(30-18)11-4-5-13(23)14(24)8-11/h4-10,28H,1-3H3,(H2,26,27,29,31). The van der Waals surface area contributed by atoms with E-state index in [1.807, 2.05) is 20.8 Å². The van der Waals surface area contributed by atoms with Gasteiger partial charge in [0.15, 0.2) is 16.6 Å². The van der Waals surface area contributed by atoms with Gasteiger partial charge in [-0.25, -0.2) is 0 Å². The SMILES string of the molecule is CC(C)(C)c1cc(Cl)c(O)c(NC(=S)NC(=O)c2ccc(-c3ccc(Cl)c(Cl)c3)o2)c1. The predicted molar refractivity (Wildman–Crippen MR) is 130 cm³/mol. The van der Waals surface area contributed by atoms with Crippen LogP contribution in [0.25, 0.3) is 11.3 Å². The number of amides is 1. The van der Waals surface area contributed by atoms with E-state index in [1.54, 1.807) is 36.4 Å². The second kappa shape index (κ2) is 9.09. The molecule has 1 heterocycles. The maximum Gasteiger partial charge on any atom is 0.293 e.